The number of hydrogen-bond acceptors (Lipinski definition) is 3. The van der Waals surface area contributed by atoms with E-state index in [1.165, 1.54) is 0 Å². The van der Waals surface area contributed by atoms with Gasteiger partial charge in [-0.1, -0.05) is 72.3 Å². The van der Waals surface area contributed by atoms with Crippen molar-refractivity contribution in [2.45, 2.75) is 19.4 Å². The molecule has 158 valence electrons. The largest absolute Gasteiger partial charge is 0.325 e. The normalized spacial score (nSPS) is 16.6. The predicted octanol–water partition coefficient (Wildman–Crippen LogP) is 5.42. The fourth-order valence-electron chi connectivity index (χ4n) is 4.05. The van der Waals surface area contributed by atoms with Crippen LogP contribution in [0, 0.1) is 5.92 Å². The van der Waals surface area contributed by atoms with Crippen molar-refractivity contribution in [2.24, 2.45) is 5.92 Å². The zero-order valence-corrected chi connectivity index (χ0v) is 18.0. The number of carbonyl (C=O) groups excluding carboxylic acids is 2. The maximum Gasteiger partial charge on any atom is 0.228 e. The minimum Gasteiger partial charge on any atom is -0.325 e. The lowest BCUT2D eigenvalue weighted by atomic mass is 9.96. The van der Waals surface area contributed by atoms with E-state index in [0.717, 1.165) is 36.5 Å². The third kappa shape index (κ3) is 5.22. The molecule has 0 radical (unpaired) electrons. The van der Waals surface area contributed by atoms with Gasteiger partial charge < -0.3 is 5.32 Å². The average molecular weight is 433 g/mol. The molecule has 0 spiro atoms. The highest BCUT2D eigenvalue weighted by molar-refractivity contribution is 6.31. The molecule has 1 heterocycles. The molecular formula is C26H25ClN2O2. The van der Waals surface area contributed by atoms with E-state index in [1.807, 2.05) is 54.6 Å². The zero-order chi connectivity index (χ0) is 21.6. The van der Waals surface area contributed by atoms with Crippen LogP contribution < -0.4 is 5.32 Å². The number of halogens is 1. The summed E-state index contributed by atoms with van der Waals surface area (Å²) in [5.41, 5.74) is 2.74. The van der Waals surface area contributed by atoms with Crippen LogP contribution in [-0.2, 0) is 11.3 Å². The lowest BCUT2D eigenvalue weighted by molar-refractivity contribution is -0.121. The van der Waals surface area contributed by atoms with Crippen LogP contribution in [0.4, 0.5) is 5.69 Å². The van der Waals surface area contributed by atoms with E-state index in [2.05, 4.69) is 10.2 Å². The van der Waals surface area contributed by atoms with E-state index < -0.39 is 0 Å². The topological polar surface area (TPSA) is 49.4 Å². The third-order valence-electron chi connectivity index (χ3n) is 5.69. The Labute approximate surface area is 187 Å². The van der Waals surface area contributed by atoms with E-state index in [4.69, 9.17) is 11.6 Å². The Hall–Kier alpha value is -2.95. The molecule has 31 heavy (non-hydrogen) atoms. The van der Waals surface area contributed by atoms with Crippen molar-refractivity contribution in [3.8, 4) is 0 Å². The summed E-state index contributed by atoms with van der Waals surface area (Å²) in [7, 11) is 0. The van der Waals surface area contributed by atoms with Crippen molar-refractivity contribution in [3.05, 3.63) is 101 Å². The second-order valence-corrected chi connectivity index (χ2v) is 8.30. The number of nitrogens with one attached hydrogen (secondary N) is 1. The second-order valence-electron chi connectivity index (χ2n) is 7.90. The molecule has 1 aliphatic heterocycles. The molecule has 1 saturated heterocycles. The smallest absolute Gasteiger partial charge is 0.228 e. The molecule has 5 heteroatoms. The van der Waals surface area contributed by atoms with Crippen molar-refractivity contribution in [3.63, 3.8) is 0 Å². The second kappa shape index (κ2) is 9.90. The molecule has 4 rings (SSSR count). The number of anilines is 1. The van der Waals surface area contributed by atoms with Crippen molar-refractivity contribution >= 4 is 29.0 Å². The molecule has 3 aromatic carbocycles. The molecule has 1 aliphatic rings. The monoisotopic (exact) mass is 432 g/mol. The first-order chi connectivity index (χ1) is 15.1. The first-order valence-corrected chi connectivity index (χ1v) is 10.9. The SMILES string of the molecule is O=C(c1ccccc1)c1ccccc1NC(=O)[C@@H]1CCCN(Cc2ccccc2Cl)C1. The van der Waals surface area contributed by atoms with Crippen molar-refractivity contribution < 1.29 is 9.59 Å². The van der Waals surface area contributed by atoms with Crippen LogP contribution >= 0.6 is 11.6 Å². The van der Waals surface area contributed by atoms with Crippen LogP contribution in [0.2, 0.25) is 5.02 Å². The number of amides is 1. The lowest BCUT2D eigenvalue weighted by Crippen LogP contribution is -2.40. The number of carbonyl (C=O) groups is 2. The predicted molar refractivity (Wildman–Crippen MR) is 124 cm³/mol. The summed E-state index contributed by atoms with van der Waals surface area (Å²) < 4.78 is 0. The van der Waals surface area contributed by atoms with Gasteiger partial charge in [0, 0.05) is 29.2 Å². The van der Waals surface area contributed by atoms with Gasteiger partial charge in [0.25, 0.3) is 0 Å². The van der Waals surface area contributed by atoms with Gasteiger partial charge >= 0.3 is 0 Å². The fourth-order valence-corrected chi connectivity index (χ4v) is 4.25. The van der Waals surface area contributed by atoms with E-state index in [-0.39, 0.29) is 17.6 Å². The van der Waals surface area contributed by atoms with Crippen LogP contribution in [-0.4, -0.2) is 29.7 Å². The summed E-state index contributed by atoms with van der Waals surface area (Å²) in [6.45, 7) is 2.34. The number of hydrogen-bond donors (Lipinski definition) is 1. The summed E-state index contributed by atoms with van der Waals surface area (Å²) in [6, 6.07) is 24.2. The fraction of sp³-hybridized carbons (Fsp3) is 0.231. The Morgan fingerprint density at radius 1 is 0.935 bits per heavy atom. The van der Waals surface area contributed by atoms with Crippen LogP contribution in [0.1, 0.15) is 34.3 Å². The third-order valence-corrected chi connectivity index (χ3v) is 6.06. The summed E-state index contributed by atoms with van der Waals surface area (Å²) in [6.07, 6.45) is 1.78. The highest BCUT2D eigenvalue weighted by atomic mass is 35.5. The molecule has 4 nitrogen and oxygen atoms in total. The highest BCUT2D eigenvalue weighted by Crippen LogP contribution is 2.25. The summed E-state index contributed by atoms with van der Waals surface area (Å²) in [5, 5.41) is 3.77. The van der Waals surface area contributed by atoms with Gasteiger partial charge in [-0.25, -0.2) is 0 Å². The number of para-hydroxylation sites is 1. The minimum absolute atomic E-state index is 0.0443. The van der Waals surface area contributed by atoms with Crippen LogP contribution in [0.15, 0.2) is 78.9 Å². The number of nitrogens with zero attached hydrogens (tertiary/aromatic N) is 1. The average Bonchev–Trinajstić information content (AvgIpc) is 2.81. The maximum atomic E-state index is 13.1. The molecule has 1 N–H and O–H groups in total. The zero-order valence-electron chi connectivity index (χ0n) is 17.3. The number of ketones is 1. The molecule has 1 atom stereocenters. The molecule has 0 saturated carbocycles. The summed E-state index contributed by atoms with van der Waals surface area (Å²) in [4.78, 5) is 28.3. The number of likely N-dealkylation sites (tertiary alicyclic amines) is 1. The van der Waals surface area contributed by atoms with Gasteiger partial charge in [-0.2, -0.15) is 0 Å². The summed E-state index contributed by atoms with van der Waals surface area (Å²) >= 11 is 6.31. The first-order valence-electron chi connectivity index (χ1n) is 10.6. The Bertz CT molecular complexity index is 1070. The van der Waals surface area contributed by atoms with E-state index in [1.54, 1.807) is 24.3 Å². The first kappa shape index (κ1) is 21.3. The molecule has 1 amide bonds. The Kier molecular flexibility index (Phi) is 6.80. The van der Waals surface area contributed by atoms with Crippen LogP contribution in [0.5, 0.6) is 0 Å². The van der Waals surface area contributed by atoms with Gasteiger partial charge in [0.05, 0.1) is 11.6 Å². The Morgan fingerprint density at radius 3 is 2.45 bits per heavy atom. The maximum absolute atomic E-state index is 13.1. The quantitative estimate of drug-likeness (QED) is 0.529. The molecule has 0 aliphatic carbocycles. The molecule has 0 aromatic heterocycles. The van der Waals surface area contributed by atoms with E-state index in [9.17, 15) is 9.59 Å². The lowest BCUT2D eigenvalue weighted by Gasteiger charge is -2.32. The van der Waals surface area contributed by atoms with Gasteiger partial charge in [0.2, 0.25) is 5.91 Å². The molecular weight excluding hydrogens is 408 g/mol. The minimum atomic E-state index is -0.129. The van der Waals surface area contributed by atoms with Crippen molar-refractivity contribution in [1.82, 2.24) is 4.90 Å². The number of benzene rings is 3. The molecule has 1 fully saturated rings. The summed E-state index contributed by atoms with van der Waals surface area (Å²) in [5.74, 6) is -0.270. The number of rotatable bonds is 6. The number of piperidine rings is 1. The van der Waals surface area contributed by atoms with E-state index in [0.29, 0.717) is 23.4 Å². The van der Waals surface area contributed by atoms with E-state index >= 15 is 0 Å². The van der Waals surface area contributed by atoms with Crippen molar-refractivity contribution in [1.29, 1.82) is 0 Å². The Balaban J connectivity index is 1.45. The Morgan fingerprint density at radius 2 is 1.65 bits per heavy atom. The van der Waals surface area contributed by atoms with Gasteiger partial charge in [-0.15, -0.1) is 0 Å². The van der Waals surface area contributed by atoms with Gasteiger partial charge in [0.1, 0.15) is 0 Å². The standard InChI is InChI=1S/C26H25ClN2O2/c27-23-14-6-4-11-20(23)17-29-16-8-12-21(18-29)26(31)28-24-15-7-5-13-22(24)25(30)19-9-2-1-3-10-19/h1-7,9-11,13-15,21H,8,12,16-18H2,(H,28,31)/t21-/m1/s1. The van der Waals surface area contributed by atoms with Gasteiger partial charge in [-0.3, -0.25) is 14.5 Å². The molecule has 3 aromatic rings. The van der Waals surface area contributed by atoms with Crippen LogP contribution in [0.25, 0.3) is 0 Å². The molecule has 0 unspecified atom stereocenters. The van der Waals surface area contributed by atoms with Gasteiger partial charge in [-0.05, 0) is 43.1 Å². The van der Waals surface area contributed by atoms with Crippen LogP contribution in [0.3, 0.4) is 0 Å². The molecule has 0 bridgehead atoms. The van der Waals surface area contributed by atoms with Gasteiger partial charge in [0.15, 0.2) is 5.78 Å². The highest BCUT2D eigenvalue weighted by Gasteiger charge is 2.27. The van der Waals surface area contributed by atoms with Crippen molar-refractivity contribution in [2.75, 3.05) is 18.4 Å².